The molecule has 0 unspecified atom stereocenters. The van der Waals surface area contributed by atoms with Crippen LogP contribution in [0, 0.1) is 0 Å². The molecule has 21 aliphatic heterocycles. The van der Waals surface area contributed by atoms with Crippen LogP contribution in [0.3, 0.4) is 0 Å². The molecule has 37 nitrogen and oxygen atoms in total. The number of aliphatic hydroxyl groups is 21. The molecule has 0 spiro atoms. The van der Waals surface area contributed by atoms with Gasteiger partial charge in [0.15, 0.2) is 44.0 Å². The van der Waals surface area contributed by atoms with Crippen molar-refractivity contribution < 1.29 is 178 Å². The molecule has 0 saturated carbocycles. The van der Waals surface area contributed by atoms with Gasteiger partial charge in [-0.05, 0) is 6.42 Å². The van der Waals surface area contributed by atoms with Crippen molar-refractivity contribution in [2.45, 2.75) is 228 Å². The van der Waals surface area contributed by atoms with Crippen LogP contribution >= 0.6 is 0 Å². The predicted molar refractivity (Wildman–Crippen MR) is 251 cm³/mol. The lowest BCUT2D eigenvalue weighted by Gasteiger charge is -2.50. The highest BCUT2D eigenvalue weighted by atomic mass is 16.8. The summed E-state index contributed by atoms with van der Waals surface area (Å²) < 4.78 is 80.5. The van der Waals surface area contributed by atoms with Crippen LogP contribution in [0.5, 0.6) is 0 Å². The van der Waals surface area contributed by atoms with Crippen molar-refractivity contribution in [3.63, 3.8) is 0 Å². The third kappa shape index (κ3) is 13.9. The number of ether oxygens (including phenoxy) is 14. The minimum atomic E-state index is -2.25. The number of hydrogen-bond donors (Lipinski definition) is 22. The molecule has 21 heterocycles. The maximum atomic E-state index is 12.8. The molecule has 14 bridgehead atoms. The molecule has 35 atom stereocenters. The zero-order chi connectivity index (χ0) is 60.5. The van der Waals surface area contributed by atoms with Crippen molar-refractivity contribution in [3.05, 3.63) is 0 Å². The maximum Gasteiger partial charge on any atom is 0.220 e. The van der Waals surface area contributed by atoms with Gasteiger partial charge in [-0.25, -0.2) is 0 Å². The molecule has 22 N–H and O–H groups in total. The van der Waals surface area contributed by atoms with Gasteiger partial charge < -0.3 is 179 Å². The van der Waals surface area contributed by atoms with Crippen LogP contribution < -0.4 is 5.32 Å². The molecule has 0 aliphatic carbocycles. The Labute approximate surface area is 469 Å². The fourth-order valence-electron chi connectivity index (χ4n) is 11.0. The Morgan fingerprint density at radius 1 is 0.265 bits per heavy atom. The first-order valence-electron chi connectivity index (χ1n) is 26.8. The summed E-state index contributed by atoms with van der Waals surface area (Å²) in [6.45, 7) is -7.40. The highest BCUT2D eigenvalue weighted by Gasteiger charge is 2.59. The summed E-state index contributed by atoms with van der Waals surface area (Å²) in [7, 11) is 0. The van der Waals surface area contributed by atoms with Gasteiger partial charge in [-0.2, -0.15) is 0 Å². The summed E-state index contributed by atoms with van der Waals surface area (Å²) in [5, 5.41) is 234. The molecule has 482 valence electrons. The summed E-state index contributed by atoms with van der Waals surface area (Å²) >= 11 is 0. The van der Waals surface area contributed by atoms with E-state index in [1.807, 2.05) is 0 Å². The number of hydrogen-bond acceptors (Lipinski definition) is 36. The van der Waals surface area contributed by atoms with E-state index in [9.17, 15) is 112 Å². The van der Waals surface area contributed by atoms with Crippen LogP contribution in [-0.4, -0.2) is 381 Å². The summed E-state index contributed by atoms with van der Waals surface area (Å²) in [5.74, 6) is -0.686. The average molecular weight is 1220 g/mol. The Morgan fingerprint density at radius 3 is 0.627 bits per heavy atom. The molecule has 21 rings (SSSR count). The fraction of sp³-hybridized carbons (Fsp3) is 0.978. The van der Waals surface area contributed by atoms with Crippen LogP contribution in [0.25, 0.3) is 0 Å². The van der Waals surface area contributed by atoms with Gasteiger partial charge in [0, 0.05) is 19.6 Å². The van der Waals surface area contributed by atoms with E-state index in [2.05, 4.69) is 5.32 Å². The van der Waals surface area contributed by atoms with Gasteiger partial charge in [0.25, 0.3) is 0 Å². The molecule has 0 radical (unpaired) electrons. The molecular formula is C46H77NO36. The number of aliphatic hydroxyl groups excluding tert-OH is 21. The molecule has 0 aromatic rings. The number of rotatable bonds is 11. The highest BCUT2D eigenvalue weighted by molar-refractivity contribution is 5.75. The Balaban J connectivity index is 1.10. The van der Waals surface area contributed by atoms with E-state index in [1.54, 1.807) is 0 Å². The van der Waals surface area contributed by atoms with E-state index in [0.717, 1.165) is 0 Å². The second-order valence-corrected chi connectivity index (χ2v) is 21.1. The van der Waals surface area contributed by atoms with Crippen molar-refractivity contribution in [1.82, 2.24) is 5.32 Å². The van der Waals surface area contributed by atoms with E-state index < -0.39 is 267 Å². The summed E-state index contributed by atoms with van der Waals surface area (Å²) in [5.41, 5.74) is 0. The molecule has 83 heavy (non-hydrogen) atoms. The van der Waals surface area contributed by atoms with Crippen LogP contribution in [0.15, 0.2) is 0 Å². The van der Waals surface area contributed by atoms with Crippen LogP contribution in [0.4, 0.5) is 0 Å². The van der Waals surface area contributed by atoms with Gasteiger partial charge in [0.1, 0.15) is 171 Å². The van der Waals surface area contributed by atoms with Crippen LogP contribution in [-0.2, 0) is 71.1 Å². The van der Waals surface area contributed by atoms with E-state index in [1.165, 1.54) is 0 Å². The molecule has 1 amide bonds. The van der Waals surface area contributed by atoms with Crippen molar-refractivity contribution >= 4 is 5.91 Å². The molecule has 21 aliphatic rings. The highest BCUT2D eigenvalue weighted by Crippen LogP contribution is 2.39. The smallest absolute Gasteiger partial charge is 0.220 e. The fourth-order valence-corrected chi connectivity index (χ4v) is 11.0. The Bertz CT molecular complexity index is 1990. The molecule has 0 aromatic heterocycles. The Morgan fingerprint density at radius 2 is 0.446 bits per heavy atom. The first kappa shape index (κ1) is 67.0. The minimum Gasteiger partial charge on any atom is -0.396 e. The summed E-state index contributed by atoms with van der Waals surface area (Å²) in [6.07, 6.45) is -71.3. The minimum absolute atomic E-state index is 0.00281. The molecule has 37 heteroatoms. The van der Waals surface area contributed by atoms with Crippen LogP contribution in [0.1, 0.15) is 12.8 Å². The lowest BCUT2D eigenvalue weighted by Crippen LogP contribution is -2.68. The number of carbonyl (C=O) groups is 1. The Hall–Kier alpha value is -1.93. The van der Waals surface area contributed by atoms with Gasteiger partial charge in [-0.1, -0.05) is 0 Å². The van der Waals surface area contributed by atoms with E-state index in [4.69, 9.17) is 66.3 Å². The first-order valence-corrected chi connectivity index (χ1v) is 26.8. The first-order chi connectivity index (χ1) is 39.5. The van der Waals surface area contributed by atoms with E-state index in [0.29, 0.717) is 0 Å². The van der Waals surface area contributed by atoms with Gasteiger partial charge in [-0.15, -0.1) is 0 Å². The normalized spacial score (nSPS) is 52.1. The lowest BCUT2D eigenvalue weighted by molar-refractivity contribution is -0.396. The Kier molecular flexibility index (Phi) is 23.5. The predicted octanol–water partition coefficient (Wildman–Crippen LogP) is -15.3. The lowest BCUT2D eigenvalue weighted by atomic mass is 9.95. The molecule has 21 saturated heterocycles. The van der Waals surface area contributed by atoms with Gasteiger partial charge in [0.2, 0.25) is 5.91 Å². The van der Waals surface area contributed by atoms with Crippen LogP contribution in [0.2, 0.25) is 0 Å². The second-order valence-electron chi connectivity index (χ2n) is 21.1. The number of carbonyl (C=O) groups excluding carboxylic acids is 1. The molecule has 21 fully saturated rings. The zero-order valence-corrected chi connectivity index (χ0v) is 43.8. The van der Waals surface area contributed by atoms with Gasteiger partial charge in [-0.3, -0.25) is 4.79 Å². The molecule has 0 aromatic carbocycles. The van der Waals surface area contributed by atoms with Crippen molar-refractivity contribution in [3.8, 4) is 0 Å². The monoisotopic (exact) mass is 1220 g/mol. The van der Waals surface area contributed by atoms with Crippen molar-refractivity contribution in [1.29, 1.82) is 0 Å². The largest absolute Gasteiger partial charge is 0.396 e. The van der Waals surface area contributed by atoms with E-state index in [-0.39, 0.29) is 19.4 Å². The van der Waals surface area contributed by atoms with Gasteiger partial charge >= 0.3 is 0 Å². The third-order valence-electron chi connectivity index (χ3n) is 15.7. The van der Waals surface area contributed by atoms with E-state index >= 15 is 0 Å². The zero-order valence-electron chi connectivity index (χ0n) is 43.8. The third-order valence-corrected chi connectivity index (χ3v) is 15.7. The van der Waals surface area contributed by atoms with Crippen molar-refractivity contribution in [2.24, 2.45) is 0 Å². The second kappa shape index (κ2) is 29.1. The number of nitrogens with one attached hydrogen (secondary N) is 1. The number of amides is 1. The molecular weight excluding hydrogens is 1140 g/mol. The maximum absolute atomic E-state index is 12.8. The van der Waals surface area contributed by atoms with Crippen molar-refractivity contribution in [2.75, 3.05) is 52.8 Å². The SMILES string of the molecule is O=C(CCCO)NC[C@H]1O[C@@H]2O[C@H]3[C@H](O)[C@@H](O)[C@@H](O[C@H]4[C@H](O)[C@@H](O)[C@@H](O[C@H]5[C@H](O)[C@@H](O)[C@@H](O[C@H]6[C@H](O)[C@@H](O)[C@@H](O[C@H]7[C@H](O)[C@@H](O)[C@@H](O[C@H]8[C@H](O)[C@@H](O)[C@@H](O[C@H]1[C@H](O)[C@H]2O)O[C@@H]8CO)O[C@@H]7CO)O[C@@H]6CO)O[C@@H]5CO)O[C@@H]4CO)O[C@@H]3CO. The standard InChI is InChI=1S/C46H77NO36/c48-3-1-2-18(55)47-4-11-33-19(56)26(63)40(70-11)78-34-12(5-49)72-42(28(65)21(34)58)80-36-14(7-51)74-44(30(67)23(36)60)82-38-16(9-53)76-46(32(69)25(38)62)83-39-17(10-54)75-45(31(68)24(39)61)81-37-15(8-52)73-43(29(66)22(37)59)79-35-13(6-50)71-41(77-33)27(64)20(35)57/h11-17,19-46,48-54,56-69H,1-10H2,(H,47,55)/t11-,12-,13-,14-,15-,16-,17-,19-,20-,21-,22-,23-,24-,25-,26-,27-,28-,29-,30-,31-,32-,33-,34-,35-,36-,37-,38-,39-,40-,41-,42-,43-,44-,45-,46-/m1/s1. The summed E-state index contributed by atoms with van der Waals surface area (Å²) in [6, 6.07) is 0. The average Bonchev–Trinajstić information content (AvgIpc) is 3.50. The van der Waals surface area contributed by atoms with Gasteiger partial charge in [0.05, 0.1) is 39.6 Å². The topological polar surface area (TPSA) is 583 Å². The quantitative estimate of drug-likeness (QED) is 0.0913. The summed E-state index contributed by atoms with van der Waals surface area (Å²) in [4.78, 5) is 12.8.